The maximum absolute atomic E-state index is 6.16. The van der Waals surface area contributed by atoms with Crippen LogP contribution < -0.4 is 0 Å². The van der Waals surface area contributed by atoms with Gasteiger partial charge in [0.25, 0.3) is 0 Å². The van der Waals surface area contributed by atoms with Gasteiger partial charge in [0.1, 0.15) is 5.60 Å². The molecule has 0 amide bonds. The van der Waals surface area contributed by atoms with Crippen LogP contribution in [0.15, 0.2) is 28.7 Å². The molecule has 102 valence electrons. The molecule has 0 aliphatic heterocycles. The summed E-state index contributed by atoms with van der Waals surface area (Å²) in [6.45, 7) is 7.52. The van der Waals surface area contributed by atoms with Gasteiger partial charge in [-0.3, -0.25) is 0 Å². The molecule has 1 aromatic rings. The fourth-order valence-electron chi connectivity index (χ4n) is 1.87. The Hall–Kier alpha value is 0.390. The maximum atomic E-state index is 6.16. The fourth-order valence-corrected chi connectivity index (χ4v) is 3.20. The molecular weight excluding hydrogens is 403 g/mol. The molecule has 3 heteroatoms. The molecule has 0 aliphatic carbocycles. The number of hydrogen-bond donors (Lipinski definition) is 0. The van der Waals surface area contributed by atoms with E-state index < -0.39 is 0 Å². The number of rotatable bonds is 7. The normalized spacial score (nSPS) is 14.8. The lowest BCUT2D eigenvalue weighted by atomic mass is 9.98. The molecule has 0 saturated heterocycles. The standard InChI is InChI=1S/C15H22BrIO/c1-12(2)7-6-10-18-15(3,11-17)13-8-4-5-9-14(13)16/h4-5,8-9,12H,6-7,10-11H2,1-3H3. The first-order valence-electron chi connectivity index (χ1n) is 6.44. The smallest absolute Gasteiger partial charge is 0.100 e. The third-order valence-electron chi connectivity index (χ3n) is 3.05. The Kier molecular flexibility index (Phi) is 7.17. The Morgan fingerprint density at radius 3 is 2.56 bits per heavy atom. The van der Waals surface area contributed by atoms with Crippen LogP contribution in [0.3, 0.4) is 0 Å². The van der Waals surface area contributed by atoms with Crippen LogP contribution in [-0.2, 0) is 10.3 Å². The van der Waals surface area contributed by atoms with Crippen molar-refractivity contribution in [3.63, 3.8) is 0 Å². The van der Waals surface area contributed by atoms with Gasteiger partial charge in [0.2, 0.25) is 0 Å². The highest BCUT2D eigenvalue weighted by Crippen LogP contribution is 2.33. The summed E-state index contributed by atoms with van der Waals surface area (Å²) in [5, 5.41) is 0. The van der Waals surface area contributed by atoms with Gasteiger partial charge < -0.3 is 4.74 Å². The van der Waals surface area contributed by atoms with Crippen LogP contribution in [-0.4, -0.2) is 11.0 Å². The van der Waals surface area contributed by atoms with Crippen molar-refractivity contribution in [2.24, 2.45) is 5.92 Å². The molecule has 0 fully saturated rings. The molecule has 0 radical (unpaired) electrons. The van der Waals surface area contributed by atoms with Crippen molar-refractivity contribution < 1.29 is 4.74 Å². The van der Waals surface area contributed by atoms with Gasteiger partial charge in [0, 0.05) is 15.5 Å². The van der Waals surface area contributed by atoms with Gasteiger partial charge in [0.05, 0.1) is 0 Å². The zero-order valence-electron chi connectivity index (χ0n) is 11.4. The topological polar surface area (TPSA) is 9.23 Å². The van der Waals surface area contributed by atoms with Crippen LogP contribution in [0.25, 0.3) is 0 Å². The highest BCUT2D eigenvalue weighted by atomic mass is 127. The summed E-state index contributed by atoms with van der Waals surface area (Å²) in [6.07, 6.45) is 2.36. The van der Waals surface area contributed by atoms with Gasteiger partial charge in [-0.05, 0) is 37.3 Å². The van der Waals surface area contributed by atoms with Crippen molar-refractivity contribution in [2.45, 2.75) is 39.2 Å². The third kappa shape index (κ3) is 4.82. The summed E-state index contributed by atoms with van der Waals surface area (Å²) < 4.78 is 8.24. The first-order chi connectivity index (χ1) is 8.49. The molecule has 18 heavy (non-hydrogen) atoms. The minimum Gasteiger partial charge on any atom is -0.370 e. The van der Waals surface area contributed by atoms with E-state index in [-0.39, 0.29) is 5.60 Å². The predicted molar refractivity (Wildman–Crippen MR) is 90.4 cm³/mol. The van der Waals surface area contributed by atoms with Crippen molar-refractivity contribution in [1.82, 2.24) is 0 Å². The summed E-state index contributed by atoms with van der Waals surface area (Å²) in [5.74, 6) is 0.753. The van der Waals surface area contributed by atoms with E-state index in [0.29, 0.717) is 0 Å². The van der Waals surface area contributed by atoms with Gasteiger partial charge in [-0.2, -0.15) is 0 Å². The fraction of sp³-hybridized carbons (Fsp3) is 0.600. The average molecular weight is 425 g/mol. The van der Waals surface area contributed by atoms with E-state index in [1.54, 1.807) is 0 Å². The van der Waals surface area contributed by atoms with Crippen molar-refractivity contribution in [3.8, 4) is 0 Å². The van der Waals surface area contributed by atoms with E-state index >= 15 is 0 Å². The van der Waals surface area contributed by atoms with Gasteiger partial charge in [-0.25, -0.2) is 0 Å². The van der Waals surface area contributed by atoms with Crippen LogP contribution in [0.4, 0.5) is 0 Å². The van der Waals surface area contributed by atoms with E-state index in [2.05, 4.69) is 77.5 Å². The Labute approximate surface area is 133 Å². The summed E-state index contributed by atoms with van der Waals surface area (Å²) in [6, 6.07) is 8.34. The number of ether oxygens (including phenoxy) is 1. The summed E-state index contributed by atoms with van der Waals surface area (Å²) in [4.78, 5) is 0. The molecule has 1 unspecified atom stereocenters. The highest BCUT2D eigenvalue weighted by molar-refractivity contribution is 14.1. The van der Waals surface area contributed by atoms with Crippen LogP contribution in [0.2, 0.25) is 0 Å². The molecule has 0 heterocycles. The molecule has 0 aliphatic rings. The number of alkyl halides is 1. The lowest BCUT2D eigenvalue weighted by Crippen LogP contribution is -2.29. The molecule has 0 aromatic heterocycles. The van der Waals surface area contributed by atoms with Crippen molar-refractivity contribution >= 4 is 38.5 Å². The van der Waals surface area contributed by atoms with Crippen LogP contribution in [0.5, 0.6) is 0 Å². The van der Waals surface area contributed by atoms with E-state index in [1.165, 1.54) is 12.0 Å². The second-order valence-electron chi connectivity index (χ2n) is 5.23. The monoisotopic (exact) mass is 424 g/mol. The first-order valence-corrected chi connectivity index (χ1v) is 8.76. The quantitative estimate of drug-likeness (QED) is 0.316. The molecule has 1 aromatic carbocycles. The van der Waals surface area contributed by atoms with Gasteiger partial charge in [0.15, 0.2) is 0 Å². The summed E-state index contributed by atoms with van der Waals surface area (Å²) >= 11 is 6.03. The second-order valence-corrected chi connectivity index (χ2v) is 6.85. The highest BCUT2D eigenvalue weighted by Gasteiger charge is 2.27. The number of hydrogen-bond acceptors (Lipinski definition) is 1. The molecule has 0 N–H and O–H groups in total. The van der Waals surface area contributed by atoms with E-state index in [4.69, 9.17) is 4.74 Å². The zero-order valence-corrected chi connectivity index (χ0v) is 15.1. The Morgan fingerprint density at radius 1 is 1.33 bits per heavy atom. The molecule has 1 atom stereocenters. The first kappa shape index (κ1) is 16.4. The Morgan fingerprint density at radius 2 is 2.00 bits per heavy atom. The van der Waals surface area contributed by atoms with Crippen LogP contribution >= 0.6 is 38.5 Å². The Balaban J connectivity index is 2.65. The summed E-state index contributed by atoms with van der Waals surface area (Å²) in [5.41, 5.74) is 1.04. The Bertz CT molecular complexity index is 367. The molecule has 0 bridgehead atoms. The summed E-state index contributed by atoms with van der Waals surface area (Å²) in [7, 11) is 0. The van der Waals surface area contributed by atoms with E-state index in [9.17, 15) is 0 Å². The molecule has 0 spiro atoms. The minimum atomic E-state index is -0.197. The maximum Gasteiger partial charge on any atom is 0.100 e. The lowest BCUT2D eigenvalue weighted by Gasteiger charge is -2.29. The van der Waals surface area contributed by atoms with E-state index in [0.717, 1.165) is 27.8 Å². The largest absolute Gasteiger partial charge is 0.370 e. The van der Waals surface area contributed by atoms with Crippen molar-refractivity contribution in [1.29, 1.82) is 0 Å². The molecule has 1 rings (SSSR count). The average Bonchev–Trinajstić information content (AvgIpc) is 2.35. The lowest BCUT2D eigenvalue weighted by molar-refractivity contribution is -0.0185. The predicted octanol–water partition coefficient (Wildman–Crippen LogP) is 5.55. The van der Waals surface area contributed by atoms with Crippen molar-refractivity contribution in [2.75, 3.05) is 11.0 Å². The molecular formula is C15H22BrIO. The third-order valence-corrected chi connectivity index (χ3v) is 5.19. The second kappa shape index (κ2) is 7.85. The van der Waals surface area contributed by atoms with Gasteiger partial charge in [-0.1, -0.05) is 70.6 Å². The molecule has 1 nitrogen and oxygen atoms in total. The van der Waals surface area contributed by atoms with Crippen molar-refractivity contribution in [3.05, 3.63) is 34.3 Å². The minimum absolute atomic E-state index is 0.197. The van der Waals surface area contributed by atoms with Gasteiger partial charge >= 0.3 is 0 Å². The number of benzene rings is 1. The number of halogens is 2. The molecule has 0 saturated carbocycles. The van der Waals surface area contributed by atoms with Crippen LogP contribution in [0.1, 0.15) is 39.2 Å². The zero-order chi connectivity index (χ0) is 13.6. The van der Waals surface area contributed by atoms with Gasteiger partial charge in [-0.15, -0.1) is 0 Å². The van der Waals surface area contributed by atoms with E-state index in [1.807, 2.05) is 6.07 Å². The SMILES string of the molecule is CC(C)CCCOC(C)(CI)c1ccccc1Br. The van der Waals surface area contributed by atoms with Crippen LogP contribution in [0, 0.1) is 5.92 Å².